The van der Waals surface area contributed by atoms with Crippen LogP contribution in [0.25, 0.3) is 0 Å². The van der Waals surface area contributed by atoms with E-state index in [-0.39, 0.29) is 9.86 Å². The maximum absolute atomic E-state index is 11.9. The van der Waals surface area contributed by atoms with Crippen LogP contribution in [0, 0.1) is 5.92 Å². The van der Waals surface area contributed by atoms with Crippen LogP contribution in [0.2, 0.25) is 0 Å². The number of hydrogen-bond donors (Lipinski definition) is 0. The quantitative estimate of drug-likeness (QED) is 0.406. The van der Waals surface area contributed by atoms with Crippen molar-refractivity contribution in [3.05, 3.63) is 11.6 Å². The van der Waals surface area contributed by atoms with Gasteiger partial charge in [0.15, 0.2) is 5.12 Å². The Labute approximate surface area is 120 Å². The van der Waals surface area contributed by atoms with Crippen molar-refractivity contribution in [1.82, 2.24) is 0 Å². The lowest BCUT2D eigenvalue weighted by Crippen LogP contribution is -2.30. The van der Waals surface area contributed by atoms with Crippen molar-refractivity contribution in [3.8, 4) is 0 Å². The van der Waals surface area contributed by atoms with Gasteiger partial charge in [0, 0.05) is 11.2 Å². The van der Waals surface area contributed by atoms with Crippen LogP contribution in [-0.2, 0) is 14.3 Å². The number of thioether (sulfide) groups is 1. The molecule has 1 unspecified atom stereocenters. The number of carbonyl (C=O) groups is 2. The molecule has 0 aromatic rings. The molecule has 0 fully saturated rings. The van der Waals surface area contributed by atoms with Gasteiger partial charge in [-0.05, 0) is 52.4 Å². The molecule has 1 atom stereocenters. The highest BCUT2D eigenvalue weighted by Gasteiger charge is 2.32. The fourth-order valence-corrected chi connectivity index (χ4v) is 3.59. The van der Waals surface area contributed by atoms with Gasteiger partial charge in [-0.2, -0.15) is 0 Å². The molecule has 0 amide bonds. The fourth-order valence-electron chi connectivity index (χ4n) is 2.37. The van der Waals surface area contributed by atoms with Crippen LogP contribution in [0.15, 0.2) is 11.6 Å². The summed E-state index contributed by atoms with van der Waals surface area (Å²) in [6, 6.07) is 0. The summed E-state index contributed by atoms with van der Waals surface area (Å²) in [5, 5.41) is 0.200. The first-order valence-corrected chi connectivity index (χ1v) is 7.70. The molecule has 0 heterocycles. The predicted octanol–water partition coefficient (Wildman–Crippen LogP) is 3.72. The molecule has 0 aromatic carbocycles. The lowest BCUT2D eigenvalue weighted by molar-refractivity contribution is -0.129. The lowest BCUT2D eigenvalue weighted by atomic mass is 9.82. The van der Waals surface area contributed by atoms with Gasteiger partial charge in [0.25, 0.3) is 6.47 Å². The van der Waals surface area contributed by atoms with Crippen molar-refractivity contribution >= 4 is 23.3 Å². The van der Waals surface area contributed by atoms with Gasteiger partial charge >= 0.3 is 0 Å². The lowest BCUT2D eigenvalue weighted by Gasteiger charge is -2.35. The van der Waals surface area contributed by atoms with Gasteiger partial charge in [-0.3, -0.25) is 9.59 Å². The number of hydrogen-bond acceptors (Lipinski definition) is 4. The third-order valence-corrected chi connectivity index (χ3v) is 5.00. The minimum Gasteiger partial charge on any atom is -0.468 e. The van der Waals surface area contributed by atoms with E-state index < -0.39 is 0 Å². The third kappa shape index (κ3) is 5.81. The van der Waals surface area contributed by atoms with Crippen molar-refractivity contribution in [2.75, 3.05) is 6.61 Å². The van der Waals surface area contributed by atoms with E-state index >= 15 is 0 Å². The molecule has 0 N–H and O–H groups in total. The first-order chi connectivity index (χ1) is 8.95. The summed E-state index contributed by atoms with van der Waals surface area (Å²) in [4.78, 5) is 21.9. The second-order valence-corrected chi connectivity index (χ2v) is 7.38. The molecule has 108 valence electrons. The molecule has 3 nitrogen and oxygen atoms in total. The van der Waals surface area contributed by atoms with Crippen molar-refractivity contribution in [3.63, 3.8) is 0 Å². The maximum Gasteiger partial charge on any atom is 0.293 e. The Morgan fingerprint density at radius 2 is 2.32 bits per heavy atom. The molecule has 0 bridgehead atoms. The molecule has 4 heteroatoms. The topological polar surface area (TPSA) is 43.4 Å². The highest BCUT2D eigenvalue weighted by molar-refractivity contribution is 8.14. The van der Waals surface area contributed by atoms with Crippen molar-refractivity contribution < 1.29 is 14.3 Å². The van der Waals surface area contributed by atoms with Gasteiger partial charge < -0.3 is 4.74 Å². The molecule has 1 aliphatic carbocycles. The van der Waals surface area contributed by atoms with E-state index in [1.807, 2.05) is 0 Å². The fraction of sp³-hybridized carbons (Fsp3) is 0.733. The van der Waals surface area contributed by atoms with E-state index in [0.29, 0.717) is 31.8 Å². The molecule has 0 aliphatic heterocycles. The van der Waals surface area contributed by atoms with Crippen LogP contribution < -0.4 is 0 Å². The number of carbonyl (C=O) groups excluding carboxylic acids is 2. The normalized spacial score (nSPS) is 19.7. The molecule has 0 radical (unpaired) electrons. The molecule has 19 heavy (non-hydrogen) atoms. The van der Waals surface area contributed by atoms with Crippen molar-refractivity contribution in [2.24, 2.45) is 5.92 Å². The monoisotopic (exact) mass is 284 g/mol. The number of rotatable bonds is 7. The highest BCUT2D eigenvalue weighted by Crippen LogP contribution is 2.41. The number of ether oxygens (including phenoxy) is 1. The van der Waals surface area contributed by atoms with E-state index in [4.69, 9.17) is 0 Å². The average Bonchev–Trinajstić information content (AvgIpc) is 2.34. The zero-order valence-corrected chi connectivity index (χ0v) is 12.9. The van der Waals surface area contributed by atoms with Gasteiger partial charge in [0.05, 0.1) is 6.61 Å². The first kappa shape index (κ1) is 16.3. The highest BCUT2D eigenvalue weighted by atomic mass is 32.2. The second kappa shape index (κ2) is 7.73. The summed E-state index contributed by atoms with van der Waals surface area (Å²) >= 11 is 1.46. The van der Waals surface area contributed by atoms with Crippen LogP contribution in [0.5, 0.6) is 0 Å². The molecule has 0 aromatic heterocycles. The third-order valence-electron chi connectivity index (χ3n) is 3.71. The summed E-state index contributed by atoms with van der Waals surface area (Å²) in [5.74, 6) is 0.566. The van der Waals surface area contributed by atoms with Crippen molar-refractivity contribution in [2.45, 2.75) is 57.6 Å². The Morgan fingerprint density at radius 3 is 2.89 bits per heavy atom. The molecular formula is C15H24O3S. The predicted molar refractivity (Wildman–Crippen MR) is 79.0 cm³/mol. The Balaban J connectivity index is 2.36. The summed E-state index contributed by atoms with van der Waals surface area (Å²) in [6.45, 7) is 7.27. The molecule has 0 saturated carbocycles. The van der Waals surface area contributed by atoms with Gasteiger partial charge in [0.2, 0.25) is 0 Å². The van der Waals surface area contributed by atoms with Gasteiger partial charge in [-0.25, -0.2) is 0 Å². The summed E-state index contributed by atoms with van der Waals surface area (Å²) in [6.07, 6.45) is 6.79. The summed E-state index contributed by atoms with van der Waals surface area (Å²) in [5.41, 5.74) is 1.47. The van der Waals surface area contributed by atoms with Crippen LogP contribution >= 0.6 is 11.8 Å². The minimum absolute atomic E-state index is 0.0141. The van der Waals surface area contributed by atoms with E-state index in [2.05, 4.69) is 31.6 Å². The molecular weight excluding hydrogens is 260 g/mol. The molecule has 0 saturated heterocycles. The Morgan fingerprint density at radius 1 is 1.58 bits per heavy atom. The average molecular weight is 284 g/mol. The van der Waals surface area contributed by atoms with Gasteiger partial charge in [-0.15, -0.1) is 0 Å². The van der Waals surface area contributed by atoms with Crippen LogP contribution in [0.1, 0.15) is 52.9 Å². The van der Waals surface area contributed by atoms with E-state index in [1.165, 1.54) is 23.8 Å². The minimum atomic E-state index is -0.0141. The van der Waals surface area contributed by atoms with Crippen LogP contribution in [0.3, 0.4) is 0 Å². The summed E-state index contributed by atoms with van der Waals surface area (Å²) < 4.78 is 4.58. The van der Waals surface area contributed by atoms with Crippen LogP contribution in [-0.4, -0.2) is 22.9 Å². The van der Waals surface area contributed by atoms with E-state index in [1.54, 1.807) is 0 Å². The standard InChI is InChI=1S/C15H24O3S/c1-12-6-8-13(9-7-12)15(2,3)19-14(17)5-4-10-18-11-16/h6,11,13H,4-5,7-10H2,1-3H3. The second-order valence-electron chi connectivity index (χ2n) is 5.67. The molecule has 1 aliphatic rings. The SMILES string of the molecule is CC1=CCC(C(C)(C)SC(=O)CCCOC=O)CC1. The van der Waals surface area contributed by atoms with Crippen molar-refractivity contribution in [1.29, 1.82) is 0 Å². The van der Waals surface area contributed by atoms with Gasteiger partial charge in [0.1, 0.15) is 0 Å². The van der Waals surface area contributed by atoms with E-state index in [0.717, 1.165) is 12.8 Å². The zero-order valence-electron chi connectivity index (χ0n) is 12.1. The Hall–Kier alpha value is -0.770. The van der Waals surface area contributed by atoms with Gasteiger partial charge in [-0.1, -0.05) is 23.4 Å². The molecule has 1 rings (SSSR count). The molecule has 0 spiro atoms. The first-order valence-electron chi connectivity index (χ1n) is 6.88. The Bertz CT molecular complexity index is 347. The van der Waals surface area contributed by atoms with E-state index in [9.17, 15) is 9.59 Å². The zero-order chi connectivity index (χ0) is 14.3. The largest absolute Gasteiger partial charge is 0.468 e. The summed E-state index contributed by atoms with van der Waals surface area (Å²) in [7, 11) is 0. The smallest absolute Gasteiger partial charge is 0.293 e. The Kier molecular flexibility index (Phi) is 6.63. The number of allylic oxidation sites excluding steroid dienone is 2. The van der Waals surface area contributed by atoms with Crippen LogP contribution in [0.4, 0.5) is 0 Å². The maximum atomic E-state index is 11.9.